The van der Waals surface area contributed by atoms with E-state index in [1.54, 1.807) is 0 Å². The summed E-state index contributed by atoms with van der Waals surface area (Å²) in [5.41, 5.74) is 5.81. The second-order valence-electron chi connectivity index (χ2n) is 6.76. The minimum absolute atomic E-state index is 0.0236. The monoisotopic (exact) mass is 390 g/mol. The number of benzene rings is 3. The molecule has 0 amide bonds. The number of hydrogen-bond donors (Lipinski definition) is 2. The molecule has 0 spiro atoms. The van der Waals surface area contributed by atoms with Gasteiger partial charge in [0.05, 0.1) is 12.6 Å². The summed E-state index contributed by atoms with van der Waals surface area (Å²) < 4.78 is 5.49. The largest absolute Gasteiger partial charge is 0.494 e. The Kier molecular flexibility index (Phi) is 6.66. The van der Waals surface area contributed by atoms with Crippen molar-refractivity contribution in [1.29, 1.82) is 0 Å². The van der Waals surface area contributed by atoms with Gasteiger partial charge >= 0.3 is 0 Å². The van der Waals surface area contributed by atoms with E-state index in [4.69, 9.17) is 17.0 Å². The van der Waals surface area contributed by atoms with Crippen molar-refractivity contribution in [3.05, 3.63) is 95.1 Å². The average molecular weight is 391 g/mol. The van der Waals surface area contributed by atoms with Crippen LogP contribution in [-0.4, -0.2) is 11.7 Å². The predicted molar refractivity (Wildman–Crippen MR) is 121 cm³/mol. The lowest BCUT2D eigenvalue weighted by atomic mass is 9.94. The molecule has 0 aliphatic carbocycles. The van der Waals surface area contributed by atoms with Gasteiger partial charge < -0.3 is 15.4 Å². The van der Waals surface area contributed by atoms with Crippen molar-refractivity contribution in [2.45, 2.75) is 26.8 Å². The molecule has 0 saturated carbocycles. The van der Waals surface area contributed by atoms with Gasteiger partial charge in [0, 0.05) is 5.69 Å². The van der Waals surface area contributed by atoms with Gasteiger partial charge in [-0.25, -0.2) is 0 Å². The van der Waals surface area contributed by atoms with E-state index in [1.807, 2.05) is 37.3 Å². The summed E-state index contributed by atoms with van der Waals surface area (Å²) in [6.07, 6.45) is 0. The Morgan fingerprint density at radius 1 is 0.964 bits per heavy atom. The number of hydrogen-bond acceptors (Lipinski definition) is 2. The highest BCUT2D eigenvalue weighted by Crippen LogP contribution is 2.26. The fourth-order valence-electron chi connectivity index (χ4n) is 3.24. The molecule has 2 N–H and O–H groups in total. The molecule has 0 aromatic heterocycles. The van der Waals surface area contributed by atoms with Crippen LogP contribution in [0.1, 0.15) is 35.2 Å². The van der Waals surface area contributed by atoms with Crippen LogP contribution < -0.4 is 15.4 Å². The van der Waals surface area contributed by atoms with Crippen LogP contribution in [0.3, 0.4) is 0 Å². The highest BCUT2D eigenvalue weighted by molar-refractivity contribution is 7.80. The smallest absolute Gasteiger partial charge is 0.171 e. The minimum Gasteiger partial charge on any atom is -0.494 e. The summed E-state index contributed by atoms with van der Waals surface area (Å²) in [6, 6.07) is 24.7. The first kappa shape index (κ1) is 19.9. The lowest BCUT2D eigenvalue weighted by Crippen LogP contribution is -2.33. The summed E-state index contributed by atoms with van der Waals surface area (Å²) in [4.78, 5) is 0. The third kappa shape index (κ3) is 5.11. The molecule has 0 unspecified atom stereocenters. The van der Waals surface area contributed by atoms with E-state index in [0.29, 0.717) is 11.7 Å². The van der Waals surface area contributed by atoms with Crippen LogP contribution in [0.2, 0.25) is 0 Å². The Balaban J connectivity index is 1.80. The number of anilines is 1. The molecular formula is C24H26N2OS. The predicted octanol–water partition coefficient (Wildman–Crippen LogP) is 5.78. The molecule has 3 aromatic rings. The van der Waals surface area contributed by atoms with E-state index >= 15 is 0 Å². The highest BCUT2D eigenvalue weighted by atomic mass is 32.1. The highest BCUT2D eigenvalue weighted by Gasteiger charge is 2.17. The van der Waals surface area contributed by atoms with Gasteiger partial charge in [0.2, 0.25) is 0 Å². The molecule has 0 bridgehead atoms. The second-order valence-corrected chi connectivity index (χ2v) is 7.17. The van der Waals surface area contributed by atoms with Crippen molar-refractivity contribution in [2.75, 3.05) is 11.9 Å². The van der Waals surface area contributed by atoms with Gasteiger partial charge in [-0.05, 0) is 73.9 Å². The molecule has 3 rings (SSSR count). The maximum atomic E-state index is 5.61. The van der Waals surface area contributed by atoms with Crippen LogP contribution in [0.15, 0.2) is 72.8 Å². The lowest BCUT2D eigenvalue weighted by molar-refractivity contribution is 0.340. The van der Waals surface area contributed by atoms with Crippen molar-refractivity contribution in [3.8, 4) is 5.75 Å². The van der Waals surface area contributed by atoms with Gasteiger partial charge in [0.25, 0.3) is 0 Å². The number of ether oxygens (including phenoxy) is 1. The molecule has 144 valence electrons. The number of rotatable bonds is 6. The molecule has 3 aromatic carbocycles. The molecule has 28 heavy (non-hydrogen) atoms. The van der Waals surface area contributed by atoms with Gasteiger partial charge in [-0.3, -0.25) is 0 Å². The zero-order chi connectivity index (χ0) is 19.9. The third-order valence-corrected chi connectivity index (χ3v) is 4.79. The maximum Gasteiger partial charge on any atom is 0.171 e. The SMILES string of the molecule is CCOc1ccc(NC(=S)N[C@@H](c2ccccc2)c2ccc(C)cc2C)cc1. The fourth-order valence-corrected chi connectivity index (χ4v) is 3.47. The van der Waals surface area contributed by atoms with Crippen molar-refractivity contribution >= 4 is 23.0 Å². The topological polar surface area (TPSA) is 33.3 Å². The zero-order valence-electron chi connectivity index (χ0n) is 16.5. The molecular weight excluding hydrogens is 364 g/mol. The van der Waals surface area contributed by atoms with Crippen LogP contribution in [0.25, 0.3) is 0 Å². The molecule has 0 aliphatic rings. The van der Waals surface area contributed by atoms with Crippen molar-refractivity contribution in [1.82, 2.24) is 5.32 Å². The lowest BCUT2D eigenvalue weighted by Gasteiger charge is -2.24. The molecule has 0 fully saturated rings. The Bertz CT molecular complexity index is 923. The Morgan fingerprint density at radius 2 is 1.68 bits per heavy atom. The normalized spacial score (nSPS) is 11.5. The van der Waals surface area contributed by atoms with E-state index in [-0.39, 0.29) is 6.04 Å². The van der Waals surface area contributed by atoms with E-state index in [2.05, 4.69) is 66.9 Å². The first-order valence-corrected chi connectivity index (χ1v) is 9.90. The first-order valence-electron chi connectivity index (χ1n) is 9.49. The summed E-state index contributed by atoms with van der Waals surface area (Å²) >= 11 is 5.61. The van der Waals surface area contributed by atoms with Gasteiger partial charge in [0.15, 0.2) is 5.11 Å². The van der Waals surface area contributed by atoms with Crippen LogP contribution >= 0.6 is 12.2 Å². The number of nitrogens with one attached hydrogen (secondary N) is 2. The second kappa shape index (κ2) is 9.38. The summed E-state index contributed by atoms with van der Waals surface area (Å²) in [7, 11) is 0. The van der Waals surface area contributed by atoms with E-state index in [0.717, 1.165) is 11.4 Å². The van der Waals surface area contributed by atoms with Gasteiger partial charge in [-0.1, -0.05) is 54.1 Å². The first-order chi connectivity index (χ1) is 13.6. The molecule has 1 atom stereocenters. The summed E-state index contributed by atoms with van der Waals surface area (Å²) in [5, 5.41) is 7.35. The Hall–Kier alpha value is -2.85. The Morgan fingerprint density at radius 3 is 2.32 bits per heavy atom. The molecule has 4 heteroatoms. The van der Waals surface area contributed by atoms with Crippen molar-refractivity contribution in [3.63, 3.8) is 0 Å². The summed E-state index contributed by atoms with van der Waals surface area (Å²) in [5.74, 6) is 0.851. The fraction of sp³-hybridized carbons (Fsp3) is 0.208. The van der Waals surface area contributed by atoms with Crippen molar-refractivity contribution in [2.24, 2.45) is 0 Å². The van der Waals surface area contributed by atoms with E-state index in [1.165, 1.54) is 22.3 Å². The molecule has 3 nitrogen and oxygen atoms in total. The average Bonchev–Trinajstić information content (AvgIpc) is 2.69. The molecule has 0 radical (unpaired) electrons. The molecule has 0 aliphatic heterocycles. The van der Waals surface area contributed by atoms with Crippen molar-refractivity contribution < 1.29 is 4.74 Å². The van der Waals surface area contributed by atoms with Crippen LogP contribution in [0.5, 0.6) is 5.75 Å². The summed E-state index contributed by atoms with van der Waals surface area (Å²) in [6.45, 7) is 6.88. The van der Waals surface area contributed by atoms with E-state index < -0.39 is 0 Å². The zero-order valence-corrected chi connectivity index (χ0v) is 17.3. The van der Waals surface area contributed by atoms with Crippen LogP contribution in [0, 0.1) is 13.8 Å². The quantitative estimate of drug-likeness (QED) is 0.523. The molecule has 0 heterocycles. The number of thiocarbonyl (C=S) groups is 1. The van der Waals surface area contributed by atoms with Gasteiger partial charge in [0.1, 0.15) is 5.75 Å². The van der Waals surface area contributed by atoms with Gasteiger partial charge in [-0.15, -0.1) is 0 Å². The minimum atomic E-state index is -0.0236. The standard InChI is InChI=1S/C24H26N2OS/c1-4-27-21-13-11-20(12-14-21)25-24(28)26-23(19-8-6-5-7-9-19)22-15-10-17(2)16-18(22)3/h5-16,23H,4H2,1-3H3,(H2,25,26,28)/t23-/m0/s1. The van der Waals surface area contributed by atoms with Gasteiger partial charge in [-0.2, -0.15) is 0 Å². The molecule has 0 saturated heterocycles. The Labute approximate surface area is 172 Å². The van der Waals surface area contributed by atoms with E-state index in [9.17, 15) is 0 Å². The third-order valence-electron chi connectivity index (χ3n) is 4.57. The maximum absolute atomic E-state index is 5.61. The van der Waals surface area contributed by atoms with Crippen LogP contribution in [0.4, 0.5) is 5.69 Å². The number of aryl methyl sites for hydroxylation is 2. The van der Waals surface area contributed by atoms with Crippen LogP contribution in [-0.2, 0) is 0 Å².